The van der Waals surface area contributed by atoms with E-state index >= 15 is 0 Å². The van der Waals surface area contributed by atoms with Gasteiger partial charge in [-0.3, -0.25) is 0 Å². The molecule has 84 valence electrons. The number of aromatic nitrogens is 2. The first-order valence-corrected chi connectivity index (χ1v) is 4.93. The second kappa shape index (κ2) is 3.52. The largest absolute Gasteiger partial charge is 0.436 e. The smallest absolute Gasteiger partial charge is 0.405 e. The van der Waals surface area contributed by atoms with Crippen molar-refractivity contribution >= 4 is 17.1 Å². The third-order valence-electron chi connectivity index (χ3n) is 2.32. The molecule has 3 N–H and O–H groups in total. The molecule has 2 aromatic rings. The van der Waals surface area contributed by atoms with E-state index in [1.807, 2.05) is 24.3 Å². The van der Waals surface area contributed by atoms with Gasteiger partial charge in [-0.15, -0.1) is 0 Å². The summed E-state index contributed by atoms with van der Waals surface area (Å²) >= 11 is 0. The zero-order valence-electron chi connectivity index (χ0n) is 9.15. The number of ether oxygens (including phenoxy) is 1. The number of nitrogens with one attached hydrogen (secondary N) is 1. The number of primary amides is 1. The number of amides is 1. The molecule has 0 aliphatic rings. The Balaban J connectivity index is 2.43. The van der Waals surface area contributed by atoms with Gasteiger partial charge in [-0.25, -0.2) is 9.78 Å². The summed E-state index contributed by atoms with van der Waals surface area (Å²) in [4.78, 5) is 18.2. The first kappa shape index (κ1) is 10.5. The molecule has 0 fully saturated rings. The fraction of sp³-hybridized carbons (Fsp3) is 0.273. The molecule has 0 bridgehead atoms. The minimum atomic E-state index is -0.856. The Morgan fingerprint density at radius 2 is 2.12 bits per heavy atom. The van der Waals surface area contributed by atoms with E-state index < -0.39 is 11.7 Å². The topological polar surface area (TPSA) is 81.0 Å². The summed E-state index contributed by atoms with van der Waals surface area (Å²) < 4.78 is 5.00. The van der Waals surface area contributed by atoms with Gasteiger partial charge in [0.15, 0.2) is 11.4 Å². The van der Waals surface area contributed by atoms with Gasteiger partial charge in [0.1, 0.15) is 0 Å². The average molecular weight is 219 g/mol. The maximum absolute atomic E-state index is 10.8. The molecular weight excluding hydrogens is 206 g/mol. The van der Waals surface area contributed by atoms with E-state index in [9.17, 15) is 4.79 Å². The Kier molecular flexibility index (Phi) is 2.30. The van der Waals surface area contributed by atoms with Crippen LogP contribution in [-0.2, 0) is 10.3 Å². The maximum atomic E-state index is 10.8. The van der Waals surface area contributed by atoms with Crippen molar-refractivity contribution in [3.8, 4) is 0 Å². The van der Waals surface area contributed by atoms with Crippen LogP contribution in [0.25, 0.3) is 11.0 Å². The Bertz CT molecular complexity index is 498. The first-order chi connectivity index (χ1) is 7.49. The van der Waals surface area contributed by atoms with Gasteiger partial charge in [-0.2, -0.15) is 0 Å². The van der Waals surface area contributed by atoms with Gasteiger partial charge < -0.3 is 15.5 Å². The molecule has 0 radical (unpaired) electrons. The highest BCUT2D eigenvalue weighted by molar-refractivity contribution is 5.75. The fourth-order valence-corrected chi connectivity index (χ4v) is 1.54. The number of H-pyrrole nitrogens is 1. The molecular formula is C11H13N3O2. The van der Waals surface area contributed by atoms with Gasteiger partial charge in [0, 0.05) is 0 Å². The number of benzene rings is 1. The summed E-state index contributed by atoms with van der Waals surface area (Å²) in [5, 5.41) is 0. The molecule has 1 heterocycles. The summed E-state index contributed by atoms with van der Waals surface area (Å²) in [6, 6.07) is 7.60. The van der Waals surface area contributed by atoms with Crippen molar-refractivity contribution in [1.29, 1.82) is 0 Å². The minimum absolute atomic E-state index is 0.576. The van der Waals surface area contributed by atoms with E-state index in [1.165, 1.54) is 0 Å². The van der Waals surface area contributed by atoms with Crippen LogP contribution in [0.5, 0.6) is 0 Å². The predicted octanol–water partition coefficient (Wildman–Crippen LogP) is 1.89. The number of rotatable bonds is 2. The molecule has 0 saturated carbocycles. The highest BCUT2D eigenvalue weighted by atomic mass is 16.6. The van der Waals surface area contributed by atoms with Crippen LogP contribution in [0.3, 0.4) is 0 Å². The van der Waals surface area contributed by atoms with E-state index in [-0.39, 0.29) is 0 Å². The van der Waals surface area contributed by atoms with Crippen LogP contribution < -0.4 is 5.73 Å². The van der Waals surface area contributed by atoms with Crippen molar-refractivity contribution in [3.63, 3.8) is 0 Å². The van der Waals surface area contributed by atoms with Crippen LogP contribution in [0.4, 0.5) is 4.79 Å². The normalized spacial score (nSPS) is 11.6. The molecule has 1 amide bonds. The number of nitrogens with two attached hydrogens (primary N) is 1. The van der Waals surface area contributed by atoms with Gasteiger partial charge in [-0.1, -0.05) is 12.1 Å². The number of carbonyl (C=O) groups is 1. The van der Waals surface area contributed by atoms with Crippen LogP contribution in [-0.4, -0.2) is 16.1 Å². The minimum Gasteiger partial charge on any atom is -0.436 e. The summed E-state index contributed by atoms with van der Waals surface area (Å²) in [7, 11) is 0. The van der Waals surface area contributed by atoms with Crippen LogP contribution >= 0.6 is 0 Å². The average Bonchev–Trinajstić information content (AvgIpc) is 2.59. The molecule has 0 unspecified atom stereocenters. The molecule has 1 aromatic heterocycles. The Morgan fingerprint density at radius 3 is 2.75 bits per heavy atom. The number of imidazole rings is 1. The lowest BCUT2D eigenvalue weighted by Gasteiger charge is -2.20. The van der Waals surface area contributed by atoms with Crippen LogP contribution in [0.1, 0.15) is 19.7 Å². The third kappa shape index (κ3) is 1.84. The molecule has 1 aromatic carbocycles. The second-order valence-electron chi connectivity index (χ2n) is 4.03. The van der Waals surface area contributed by atoms with Crippen molar-refractivity contribution in [2.24, 2.45) is 5.73 Å². The summed E-state index contributed by atoms with van der Waals surface area (Å²) in [6.45, 7) is 3.46. The second-order valence-corrected chi connectivity index (χ2v) is 4.03. The van der Waals surface area contributed by atoms with Gasteiger partial charge in [-0.05, 0) is 26.0 Å². The van der Waals surface area contributed by atoms with Gasteiger partial charge in [0.25, 0.3) is 0 Å². The molecule has 5 nitrogen and oxygen atoms in total. The number of nitrogens with zero attached hydrogens (tertiary/aromatic N) is 1. The van der Waals surface area contributed by atoms with E-state index in [4.69, 9.17) is 10.5 Å². The van der Waals surface area contributed by atoms with Crippen molar-refractivity contribution in [2.45, 2.75) is 19.4 Å². The lowest BCUT2D eigenvalue weighted by molar-refractivity contribution is 0.0372. The molecule has 0 atom stereocenters. The lowest BCUT2D eigenvalue weighted by atomic mass is 10.1. The molecule has 0 spiro atoms. The van der Waals surface area contributed by atoms with Crippen LogP contribution in [0.15, 0.2) is 24.3 Å². The summed E-state index contributed by atoms with van der Waals surface area (Å²) in [5.41, 5.74) is 5.88. The van der Waals surface area contributed by atoms with Crippen LogP contribution in [0.2, 0.25) is 0 Å². The lowest BCUT2D eigenvalue weighted by Crippen LogP contribution is -2.29. The Hall–Kier alpha value is -2.04. The van der Waals surface area contributed by atoms with E-state index in [0.29, 0.717) is 5.82 Å². The zero-order chi connectivity index (χ0) is 11.8. The number of carbonyl (C=O) groups excluding carboxylic acids is 1. The summed E-state index contributed by atoms with van der Waals surface area (Å²) in [6.07, 6.45) is -0.814. The van der Waals surface area contributed by atoms with Gasteiger partial charge in [0.2, 0.25) is 0 Å². The van der Waals surface area contributed by atoms with E-state index in [2.05, 4.69) is 9.97 Å². The Labute approximate surface area is 92.6 Å². The van der Waals surface area contributed by atoms with Gasteiger partial charge in [0.05, 0.1) is 11.0 Å². The number of para-hydroxylation sites is 2. The third-order valence-corrected chi connectivity index (χ3v) is 2.32. The predicted molar refractivity (Wildman–Crippen MR) is 59.8 cm³/mol. The molecule has 0 aliphatic carbocycles. The standard InChI is InChI=1S/C11H13N3O2/c1-11(2,16-10(12)15)9-13-7-5-3-4-6-8(7)14-9/h3-6H,1-2H3,(H2,12,15)(H,13,14). The number of aromatic amines is 1. The van der Waals surface area contributed by atoms with Crippen LogP contribution in [0, 0.1) is 0 Å². The van der Waals surface area contributed by atoms with Crippen molar-refractivity contribution in [2.75, 3.05) is 0 Å². The zero-order valence-corrected chi connectivity index (χ0v) is 9.15. The summed E-state index contributed by atoms with van der Waals surface area (Å²) in [5.74, 6) is 0.576. The van der Waals surface area contributed by atoms with E-state index in [1.54, 1.807) is 13.8 Å². The fourth-order valence-electron chi connectivity index (χ4n) is 1.54. The SMILES string of the molecule is CC(C)(OC(N)=O)c1nc2ccccc2[nH]1. The van der Waals surface area contributed by atoms with Crippen molar-refractivity contribution in [1.82, 2.24) is 9.97 Å². The monoisotopic (exact) mass is 219 g/mol. The molecule has 2 rings (SSSR count). The first-order valence-electron chi connectivity index (χ1n) is 4.93. The maximum Gasteiger partial charge on any atom is 0.405 e. The van der Waals surface area contributed by atoms with Gasteiger partial charge >= 0.3 is 6.09 Å². The van der Waals surface area contributed by atoms with Crippen molar-refractivity contribution in [3.05, 3.63) is 30.1 Å². The molecule has 0 saturated heterocycles. The quantitative estimate of drug-likeness (QED) is 0.809. The number of hydrogen-bond donors (Lipinski definition) is 2. The molecule has 5 heteroatoms. The highest BCUT2D eigenvalue weighted by Gasteiger charge is 2.28. The van der Waals surface area contributed by atoms with Crippen molar-refractivity contribution < 1.29 is 9.53 Å². The highest BCUT2D eigenvalue weighted by Crippen LogP contribution is 2.24. The molecule has 16 heavy (non-hydrogen) atoms. The Morgan fingerprint density at radius 1 is 1.44 bits per heavy atom. The number of fused-ring (bicyclic) bond motifs is 1. The molecule has 0 aliphatic heterocycles. The van der Waals surface area contributed by atoms with E-state index in [0.717, 1.165) is 11.0 Å². The number of hydrogen-bond acceptors (Lipinski definition) is 3.